The summed E-state index contributed by atoms with van der Waals surface area (Å²) < 4.78 is 50.1. The molecule has 2 heterocycles. The van der Waals surface area contributed by atoms with Crippen LogP contribution in [0.4, 0.5) is 13.2 Å². The van der Waals surface area contributed by atoms with Crippen molar-refractivity contribution >= 4 is 11.8 Å². The molecule has 1 saturated heterocycles. The second-order valence-electron chi connectivity index (χ2n) is 9.14. The van der Waals surface area contributed by atoms with Crippen molar-refractivity contribution < 1.29 is 32.2 Å². The Kier molecular flexibility index (Phi) is 9.15. The Bertz CT molecular complexity index is 1250. The molecule has 0 bridgehead atoms. The standard InChI is InChI=1S/C28H29F3N4O4/c1-34-14-16-35(17-15-34)27(37)24(19-38-18-20-6-3-2-4-7-20)33-25(36)23-8-5-13-32-26(23)39-22-11-9-21(10-12-22)28(29,30)31/h2-13,24H,14-19H2,1H3,(H,33,36). The summed E-state index contributed by atoms with van der Waals surface area (Å²) in [4.78, 5) is 34.6. The smallest absolute Gasteiger partial charge is 0.416 e. The Morgan fingerprint density at radius 3 is 2.33 bits per heavy atom. The first-order chi connectivity index (χ1) is 18.7. The fourth-order valence-corrected chi connectivity index (χ4v) is 4.00. The first-order valence-electron chi connectivity index (χ1n) is 12.4. The van der Waals surface area contributed by atoms with Crippen molar-refractivity contribution in [2.24, 2.45) is 0 Å². The van der Waals surface area contributed by atoms with Crippen LogP contribution in [0.1, 0.15) is 21.5 Å². The molecule has 2 aromatic carbocycles. The summed E-state index contributed by atoms with van der Waals surface area (Å²) in [7, 11) is 1.98. The van der Waals surface area contributed by atoms with Crippen LogP contribution in [0.2, 0.25) is 0 Å². The zero-order valence-corrected chi connectivity index (χ0v) is 21.4. The molecule has 39 heavy (non-hydrogen) atoms. The van der Waals surface area contributed by atoms with E-state index < -0.39 is 23.7 Å². The van der Waals surface area contributed by atoms with E-state index in [1.165, 1.54) is 18.3 Å². The van der Waals surface area contributed by atoms with E-state index in [0.29, 0.717) is 26.2 Å². The van der Waals surface area contributed by atoms with Gasteiger partial charge in [-0.2, -0.15) is 13.2 Å². The second kappa shape index (κ2) is 12.7. The number of amides is 2. The van der Waals surface area contributed by atoms with Gasteiger partial charge in [0.2, 0.25) is 11.8 Å². The van der Waals surface area contributed by atoms with E-state index in [-0.39, 0.29) is 36.3 Å². The van der Waals surface area contributed by atoms with Gasteiger partial charge in [0.15, 0.2) is 0 Å². The Morgan fingerprint density at radius 1 is 0.974 bits per heavy atom. The molecule has 1 unspecified atom stereocenters. The number of ether oxygens (including phenoxy) is 2. The summed E-state index contributed by atoms with van der Waals surface area (Å²) in [6.07, 6.45) is -3.09. The summed E-state index contributed by atoms with van der Waals surface area (Å²) in [5.41, 5.74) is 0.125. The van der Waals surface area contributed by atoms with Gasteiger partial charge < -0.3 is 24.6 Å². The number of halogens is 3. The van der Waals surface area contributed by atoms with Gasteiger partial charge in [0.1, 0.15) is 17.4 Å². The number of hydrogen-bond donors (Lipinski definition) is 1. The van der Waals surface area contributed by atoms with Crippen LogP contribution < -0.4 is 10.1 Å². The predicted molar refractivity (Wildman–Crippen MR) is 137 cm³/mol. The van der Waals surface area contributed by atoms with Gasteiger partial charge in [-0.25, -0.2) is 4.98 Å². The lowest BCUT2D eigenvalue weighted by Crippen LogP contribution is -2.55. The molecule has 4 rings (SSSR count). The van der Waals surface area contributed by atoms with E-state index in [1.54, 1.807) is 4.90 Å². The van der Waals surface area contributed by atoms with Crippen molar-refractivity contribution in [3.63, 3.8) is 0 Å². The molecule has 1 aliphatic heterocycles. The molecule has 1 fully saturated rings. The third-order valence-corrected chi connectivity index (χ3v) is 6.23. The quantitative estimate of drug-likeness (QED) is 0.441. The lowest BCUT2D eigenvalue weighted by atomic mass is 10.2. The van der Waals surface area contributed by atoms with Crippen LogP contribution >= 0.6 is 0 Å². The van der Waals surface area contributed by atoms with Crippen molar-refractivity contribution in [3.05, 3.63) is 89.6 Å². The SMILES string of the molecule is CN1CCN(C(=O)C(COCc2ccccc2)NC(=O)c2cccnc2Oc2ccc(C(F)(F)F)cc2)CC1. The summed E-state index contributed by atoms with van der Waals surface area (Å²) >= 11 is 0. The van der Waals surface area contributed by atoms with Gasteiger partial charge in [0, 0.05) is 32.4 Å². The number of pyridine rings is 1. The molecular weight excluding hydrogens is 513 g/mol. The van der Waals surface area contributed by atoms with E-state index in [2.05, 4.69) is 15.2 Å². The monoisotopic (exact) mass is 542 g/mol. The summed E-state index contributed by atoms with van der Waals surface area (Å²) in [6.45, 7) is 2.68. The average Bonchev–Trinajstić information content (AvgIpc) is 2.93. The number of aromatic nitrogens is 1. The minimum atomic E-state index is -4.48. The second-order valence-corrected chi connectivity index (χ2v) is 9.14. The average molecular weight is 543 g/mol. The summed E-state index contributed by atoms with van der Waals surface area (Å²) in [6, 6.07) is 15.5. The topological polar surface area (TPSA) is 84.0 Å². The number of piperazine rings is 1. The first kappa shape index (κ1) is 28.1. The van der Waals surface area contributed by atoms with Crippen molar-refractivity contribution in [2.45, 2.75) is 18.8 Å². The molecule has 0 spiro atoms. The van der Waals surface area contributed by atoms with Crippen molar-refractivity contribution in [2.75, 3.05) is 39.8 Å². The Balaban J connectivity index is 1.48. The van der Waals surface area contributed by atoms with E-state index in [1.807, 2.05) is 37.4 Å². The Morgan fingerprint density at radius 2 is 1.67 bits per heavy atom. The zero-order chi connectivity index (χ0) is 27.8. The number of likely N-dealkylation sites (N-methyl/N-ethyl adjacent to an activating group) is 1. The minimum Gasteiger partial charge on any atom is -0.438 e. The van der Waals surface area contributed by atoms with Crippen LogP contribution in [0.15, 0.2) is 72.9 Å². The fourth-order valence-electron chi connectivity index (χ4n) is 4.00. The normalized spacial score (nSPS) is 15.0. The molecule has 11 heteroatoms. The molecule has 1 aliphatic rings. The number of nitrogens with zero attached hydrogens (tertiary/aromatic N) is 3. The van der Waals surface area contributed by atoms with Crippen LogP contribution in [-0.4, -0.2) is 72.5 Å². The third kappa shape index (κ3) is 7.78. The highest BCUT2D eigenvalue weighted by atomic mass is 19.4. The summed E-state index contributed by atoms with van der Waals surface area (Å²) in [5, 5.41) is 2.75. The highest BCUT2D eigenvalue weighted by Gasteiger charge is 2.31. The van der Waals surface area contributed by atoms with Crippen LogP contribution in [0.5, 0.6) is 11.6 Å². The van der Waals surface area contributed by atoms with Crippen LogP contribution in [0.3, 0.4) is 0 Å². The maximum Gasteiger partial charge on any atom is 0.416 e. The molecule has 0 aliphatic carbocycles. The lowest BCUT2D eigenvalue weighted by molar-refractivity contribution is -0.138. The molecular formula is C28H29F3N4O4. The number of carbonyl (C=O) groups excluding carboxylic acids is 2. The third-order valence-electron chi connectivity index (χ3n) is 6.23. The van der Waals surface area contributed by atoms with Crippen LogP contribution in [0.25, 0.3) is 0 Å². The molecule has 0 radical (unpaired) electrons. The molecule has 1 N–H and O–H groups in total. The van der Waals surface area contributed by atoms with E-state index in [9.17, 15) is 22.8 Å². The fraction of sp³-hybridized carbons (Fsp3) is 0.321. The number of alkyl halides is 3. The van der Waals surface area contributed by atoms with E-state index in [4.69, 9.17) is 9.47 Å². The van der Waals surface area contributed by atoms with E-state index in [0.717, 1.165) is 29.8 Å². The first-order valence-corrected chi connectivity index (χ1v) is 12.4. The molecule has 1 aromatic heterocycles. The van der Waals surface area contributed by atoms with Gasteiger partial charge in [-0.1, -0.05) is 30.3 Å². The van der Waals surface area contributed by atoms with Crippen LogP contribution in [-0.2, 0) is 22.3 Å². The van der Waals surface area contributed by atoms with Gasteiger partial charge >= 0.3 is 6.18 Å². The minimum absolute atomic E-state index is 0.0247. The highest BCUT2D eigenvalue weighted by Crippen LogP contribution is 2.31. The van der Waals surface area contributed by atoms with Gasteiger partial charge in [0.25, 0.3) is 5.91 Å². The maximum atomic E-state index is 13.4. The van der Waals surface area contributed by atoms with Crippen molar-refractivity contribution in [1.82, 2.24) is 20.1 Å². The highest BCUT2D eigenvalue weighted by molar-refractivity contribution is 5.99. The van der Waals surface area contributed by atoms with Crippen molar-refractivity contribution in [3.8, 4) is 11.6 Å². The molecule has 0 saturated carbocycles. The van der Waals surface area contributed by atoms with Gasteiger partial charge in [-0.3, -0.25) is 9.59 Å². The zero-order valence-electron chi connectivity index (χ0n) is 21.4. The number of rotatable bonds is 9. The van der Waals surface area contributed by atoms with Gasteiger partial charge in [-0.15, -0.1) is 0 Å². The van der Waals surface area contributed by atoms with Gasteiger partial charge in [-0.05, 0) is 49.0 Å². The lowest BCUT2D eigenvalue weighted by Gasteiger charge is -2.34. The van der Waals surface area contributed by atoms with Crippen molar-refractivity contribution in [1.29, 1.82) is 0 Å². The Labute approximate surface area is 224 Å². The molecule has 8 nitrogen and oxygen atoms in total. The number of nitrogens with one attached hydrogen (secondary N) is 1. The molecule has 3 aromatic rings. The van der Waals surface area contributed by atoms with Crippen LogP contribution in [0, 0.1) is 0 Å². The molecule has 206 valence electrons. The largest absolute Gasteiger partial charge is 0.438 e. The van der Waals surface area contributed by atoms with E-state index >= 15 is 0 Å². The number of benzene rings is 2. The summed E-state index contributed by atoms with van der Waals surface area (Å²) in [5.74, 6) is -0.919. The Hall–Kier alpha value is -3.96. The predicted octanol–water partition coefficient (Wildman–Crippen LogP) is 3.98. The number of hydrogen-bond acceptors (Lipinski definition) is 6. The molecule has 2 amide bonds. The van der Waals surface area contributed by atoms with Gasteiger partial charge in [0.05, 0.1) is 18.8 Å². The number of carbonyl (C=O) groups is 2. The maximum absolute atomic E-state index is 13.4. The molecule has 1 atom stereocenters.